The first kappa shape index (κ1) is 13.6. The Hall–Kier alpha value is -1.78. The van der Waals surface area contributed by atoms with E-state index in [1.54, 1.807) is 29.9 Å². The number of likely N-dealkylation sites (tertiary alicyclic amines) is 1. The molecular weight excluding hydrogens is 244 g/mol. The summed E-state index contributed by atoms with van der Waals surface area (Å²) in [6, 6.07) is 3.69. The molecule has 0 bridgehead atoms. The Kier molecular flexibility index (Phi) is 4.24. The molecule has 104 valence electrons. The lowest BCUT2D eigenvalue weighted by atomic mass is 10.0. The van der Waals surface area contributed by atoms with Gasteiger partial charge in [0.1, 0.15) is 5.69 Å². The monoisotopic (exact) mass is 264 g/mol. The summed E-state index contributed by atoms with van der Waals surface area (Å²) in [4.78, 5) is 25.6. The van der Waals surface area contributed by atoms with Crippen LogP contribution in [0.5, 0.6) is 0 Å². The van der Waals surface area contributed by atoms with Crippen LogP contribution in [0.3, 0.4) is 0 Å². The first-order valence-corrected chi connectivity index (χ1v) is 6.67. The molecule has 1 atom stereocenters. The van der Waals surface area contributed by atoms with E-state index in [2.05, 4.69) is 0 Å². The standard InChI is InChI=1S/C14H20N2O3/c1-11-6-3-4-9-16(11)13(17)10-19-14(18)12-7-5-8-15(12)2/h5,7-8,11H,3-4,6,9-10H2,1-2H3/t11-/m1/s1. The van der Waals surface area contributed by atoms with Gasteiger partial charge in [-0.15, -0.1) is 0 Å². The summed E-state index contributed by atoms with van der Waals surface area (Å²) in [5.41, 5.74) is 0.458. The molecule has 1 amide bonds. The number of piperidine rings is 1. The third-order valence-electron chi connectivity index (χ3n) is 3.60. The lowest BCUT2D eigenvalue weighted by Crippen LogP contribution is -2.44. The Bertz CT molecular complexity index is 467. The summed E-state index contributed by atoms with van der Waals surface area (Å²) >= 11 is 0. The van der Waals surface area contributed by atoms with E-state index < -0.39 is 5.97 Å². The minimum atomic E-state index is -0.453. The number of ether oxygens (including phenoxy) is 1. The summed E-state index contributed by atoms with van der Waals surface area (Å²) in [5, 5.41) is 0. The van der Waals surface area contributed by atoms with Crippen molar-refractivity contribution < 1.29 is 14.3 Å². The molecule has 0 aliphatic carbocycles. The molecule has 0 saturated carbocycles. The highest BCUT2D eigenvalue weighted by molar-refractivity contribution is 5.90. The predicted octanol–water partition coefficient (Wildman–Crippen LogP) is 1.58. The molecule has 0 radical (unpaired) electrons. The summed E-state index contributed by atoms with van der Waals surface area (Å²) in [5.74, 6) is -0.555. The quantitative estimate of drug-likeness (QED) is 0.779. The number of nitrogens with zero attached hydrogens (tertiary/aromatic N) is 2. The molecule has 1 aliphatic heterocycles. The van der Waals surface area contributed by atoms with Crippen molar-refractivity contribution in [1.29, 1.82) is 0 Å². The fourth-order valence-electron chi connectivity index (χ4n) is 2.43. The number of carbonyl (C=O) groups excluding carboxylic acids is 2. The van der Waals surface area contributed by atoms with Crippen LogP contribution in [0.1, 0.15) is 36.7 Å². The predicted molar refractivity (Wildman–Crippen MR) is 70.7 cm³/mol. The minimum absolute atomic E-state index is 0.102. The van der Waals surface area contributed by atoms with Gasteiger partial charge in [0.2, 0.25) is 0 Å². The number of rotatable bonds is 3. The molecule has 0 N–H and O–H groups in total. The van der Waals surface area contributed by atoms with Crippen molar-refractivity contribution in [2.24, 2.45) is 7.05 Å². The molecule has 2 rings (SSSR count). The first-order chi connectivity index (χ1) is 9.09. The normalized spacial score (nSPS) is 19.3. The molecular formula is C14H20N2O3. The van der Waals surface area contributed by atoms with E-state index in [1.165, 1.54) is 0 Å². The van der Waals surface area contributed by atoms with Gasteiger partial charge in [0.15, 0.2) is 6.61 Å². The smallest absolute Gasteiger partial charge is 0.355 e. The van der Waals surface area contributed by atoms with Crippen LogP contribution in [0.25, 0.3) is 0 Å². The molecule has 5 nitrogen and oxygen atoms in total. The average molecular weight is 264 g/mol. The lowest BCUT2D eigenvalue weighted by Gasteiger charge is -2.33. The second kappa shape index (κ2) is 5.91. The van der Waals surface area contributed by atoms with E-state index in [4.69, 9.17) is 4.74 Å². The van der Waals surface area contributed by atoms with E-state index in [9.17, 15) is 9.59 Å². The summed E-state index contributed by atoms with van der Waals surface area (Å²) in [6.07, 6.45) is 4.98. The van der Waals surface area contributed by atoms with Gasteiger partial charge in [-0.25, -0.2) is 4.79 Å². The van der Waals surface area contributed by atoms with Gasteiger partial charge >= 0.3 is 5.97 Å². The number of hydrogen-bond acceptors (Lipinski definition) is 3. The van der Waals surface area contributed by atoms with Gasteiger partial charge in [-0.05, 0) is 38.3 Å². The van der Waals surface area contributed by atoms with Crippen LogP contribution < -0.4 is 0 Å². The van der Waals surface area contributed by atoms with Gasteiger partial charge in [0, 0.05) is 25.8 Å². The Morgan fingerprint density at radius 1 is 1.42 bits per heavy atom. The maximum atomic E-state index is 12.0. The molecule has 1 aromatic heterocycles. The Labute approximate surface area is 113 Å². The van der Waals surface area contributed by atoms with Gasteiger partial charge in [-0.1, -0.05) is 0 Å². The largest absolute Gasteiger partial charge is 0.451 e. The minimum Gasteiger partial charge on any atom is -0.451 e. The van der Waals surface area contributed by atoms with Crippen LogP contribution in [-0.2, 0) is 16.6 Å². The number of aromatic nitrogens is 1. The third kappa shape index (κ3) is 3.16. The van der Waals surface area contributed by atoms with Crippen LogP contribution >= 0.6 is 0 Å². The average Bonchev–Trinajstić information content (AvgIpc) is 2.82. The van der Waals surface area contributed by atoms with E-state index in [-0.39, 0.29) is 18.6 Å². The van der Waals surface area contributed by atoms with E-state index in [1.807, 2.05) is 11.8 Å². The summed E-state index contributed by atoms with van der Waals surface area (Å²) in [6.45, 7) is 2.63. The Morgan fingerprint density at radius 2 is 2.21 bits per heavy atom. The van der Waals surface area contributed by atoms with Gasteiger partial charge < -0.3 is 14.2 Å². The number of carbonyl (C=O) groups is 2. The van der Waals surface area contributed by atoms with Crippen molar-refractivity contribution in [1.82, 2.24) is 9.47 Å². The zero-order chi connectivity index (χ0) is 13.8. The third-order valence-corrected chi connectivity index (χ3v) is 3.60. The highest BCUT2D eigenvalue weighted by Crippen LogP contribution is 2.16. The fraction of sp³-hybridized carbons (Fsp3) is 0.571. The second-order valence-electron chi connectivity index (χ2n) is 5.01. The van der Waals surface area contributed by atoms with Crippen LogP contribution in [0, 0.1) is 0 Å². The van der Waals surface area contributed by atoms with Crippen molar-refractivity contribution >= 4 is 11.9 Å². The topological polar surface area (TPSA) is 51.5 Å². The molecule has 19 heavy (non-hydrogen) atoms. The highest BCUT2D eigenvalue weighted by Gasteiger charge is 2.24. The zero-order valence-corrected chi connectivity index (χ0v) is 11.5. The number of amides is 1. The van der Waals surface area contributed by atoms with Gasteiger partial charge in [0.25, 0.3) is 5.91 Å². The molecule has 1 aliphatic rings. The SMILES string of the molecule is C[C@@H]1CCCCN1C(=O)COC(=O)c1cccn1C. The van der Waals surface area contributed by atoms with Gasteiger partial charge in [-0.2, -0.15) is 0 Å². The molecule has 2 heterocycles. The first-order valence-electron chi connectivity index (χ1n) is 6.67. The van der Waals surface area contributed by atoms with Crippen molar-refractivity contribution in [2.75, 3.05) is 13.2 Å². The van der Waals surface area contributed by atoms with Crippen LogP contribution in [-0.4, -0.2) is 40.5 Å². The molecule has 1 aromatic rings. The molecule has 5 heteroatoms. The highest BCUT2D eigenvalue weighted by atomic mass is 16.5. The van der Waals surface area contributed by atoms with Crippen LogP contribution in [0.4, 0.5) is 0 Å². The Morgan fingerprint density at radius 3 is 2.84 bits per heavy atom. The molecule has 0 aromatic carbocycles. The maximum Gasteiger partial charge on any atom is 0.355 e. The Balaban J connectivity index is 1.86. The molecule has 1 saturated heterocycles. The zero-order valence-electron chi connectivity index (χ0n) is 11.5. The summed E-state index contributed by atoms with van der Waals surface area (Å²) < 4.78 is 6.76. The van der Waals surface area contributed by atoms with E-state index in [0.29, 0.717) is 5.69 Å². The molecule has 1 fully saturated rings. The summed E-state index contributed by atoms with van der Waals surface area (Å²) in [7, 11) is 1.77. The number of esters is 1. The van der Waals surface area contributed by atoms with Gasteiger partial charge in [-0.3, -0.25) is 4.79 Å². The van der Waals surface area contributed by atoms with Crippen molar-refractivity contribution in [3.05, 3.63) is 24.0 Å². The van der Waals surface area contributed by atoms with Crippen molar-refractivity contribution in [2.45, 2.75) is 32.2 Å². The number of hydrogen-bond donors (Lipinski definition) is 0. The van der Waals surface area contributed by atoms with E-state index in [0.717, 1.165) is 25.8 Å². The molecule has 0 spiro atoms. The van der Waals surface area contributed by atoms with Gasteiger partial charge in [0.05, 0.1) is 0 Å². The fourth-order valence-corrected chi connectivity index (χ4v) is 2.43. The van der Waals surface area contributed by atoms with Crippen LogP contribution in [0.15, 0.2) is 18.3 Å². The van der Waals surface area contributed by atoms with E-state index >= 15 is 0 Å². The maximum absolute atomic E-state index is 12.0. The van der Waals surface area contributed by atoms with Crippen molar-refractivity contribution in [3.8, 4) is 0 Å². The van der Waals surface area contributed by atoms with Crippen molar-refractivity contribution in [3.63, 3.8) is 0 Å². The lowest BCUT2D eigenvalue weighted by molar-refractivity contribution is -0.137. The number of aryl methyl sites for hydroxylation is 1. The second-order valence-corrected chi connectivity index (χ2v) is 5.01. The molecule has 0 unspecified atom stereocenters. The van der Waals surface area contributed by atoms with Crippen LogP contribution in [0.2, 0.25) is 0 Å².